The van der Waals surface area contributed by atoms with Crippen molar-refractivity contribution in [2.75, 3.05) is 24.5 Å². The zero-order chi connectivity index (χ0) is 23.7. The van der Waals surface area contributed by atoms with Crippen LogP contribution in [0.1, 0.15) is 16.8 Å². The van der Waals surface area contributed by atoms with Crippen LogP contribution in [-0.4, -0.2) is 46.5 Å². The number of hydrogen-bond acceptors (Lipinski definition) is 8. The van der Waals surface area contributed by atoms with Crippen molar-refractivity contribution in [1.82, 2.24) is 9.97 Å². The van der Waals surface area contributed by atoms with Crippen LogP contribution in [0.5, 0.6) is 0 Å². The number of thioether (sulfide) groups is 1. The summed E-state index contributed by atoms with van der Waals surface area (Å²) in [4.78, 5) is 19.5. The van der Waals surface area contributed by atoms with Crippen LogP contribution in [0.2, 0.25) is 5.02 Å². The number of anilines is 1. The first-order chi connectivity index (χ1) is 16.6. The Morgan fingerprint density at radius 3 is 2.74 bits per heavy atom. The number of benzene rings is 1. The minimum absolute atomic E-state index is 0.303. The fourth-order valence-electron chi connectivity index (χ4n) is 3.73. The second kappa shape index (κ2) is 9.57. The van der Waals surface area contributed by atoms with E-state index >= 15 is 0 Å². The van der Waals surface area contributed by atoms with Crippen LogP contribution in [0.15, 0.2) is 51.8 Å². The lowest BCUT2D eigenvalue weighted by atomic mass is 10.0. The maximum absolute atomic E-state index is 10.0. The van der Waals surface area contributed by atoms with Crippen LogP contribution in [0.3, 0.4) is 0 Å². The molecule has 1 N–H and O–H groups in total. The van der Waals surface area contributed by atoms with E-state index in [1.807, 2.05) is 46.7 Å². The van der Waals surface area contributed by atoms with Crippen LogP contribution in [0.25, 0.3) is 15.4 Å². The number of aromatic nitrogens is 2. The summed E-state index contributed by atoms with van der Waals surface area (Å²) in [7, 11) is 0. The van der Waals surface area contributed by atoms with Gasteiger partial charge in [0.05, 0.1) is 36.2 Å². The summed E-state index contributed by atoms with van der Waals surface area (Å²) in [5.74, 6) is 1.01. The first kappa shape index (κ1) is 22.6. The Morgan fingerprint density at radius 1 is 1.29 bits per heavy atom. The fraction of sp³-hybridized carbons (Fsp3) is 0.208. The molecule has 0 atom stereocenters. The molecule has 7 nitrogen and oxygen atoms in total. The number of thiazole rings is 1. The van der Waals surface area contributed by atoms with Crippen molar-refractivity contribution in [3.63, 3.8) is 0 Å². The molecule has 3 aromatic rings. The van der Waals surface area contributed by atoms with Gasteiger partial charge in [0.25, 0.3) is 0 Å². The molecule has 1 fully saturated rings. The van der Waals surface area contributed by atoms with Crippen LogP contribution in [0.4, 0.5) is 11.5 Å². The first-order valence-corrected chi connectivity index (χ1v) is 12.6. The number of nitrogens with zero attached hydrogens (tertiary/aromatic N) is 6. The second-order valence-corrected chi connectivity index (χ2v) is 9.95. The normalized spacial score (nSPS) is 15.1. The van der Waals surface area contributed by atoms with Gasteiger partial charge in [0.2, 0.25) is 5.69 Å². The molecule has 0 spiro atoms. The van der Waals surface area contributed by atoms with Crippen molar-refractivity contribution >= 4 is 51.9 Å². The number of aliphatic imine (C=N–C) groups is 1. The molecule has 2 aliphatic heterocycles. The van der Waals surface area contributed by atoms with E-state index in [-0.39, 0.29) is 0 Å². The van der Waals surface area contributed by atoms with Crippen LogP contribution in [-0.2, 0) is 5.75 Å². The highest BCUT2D eigenvalue weighted by molar-refractivity contribution is 7.98. The van der Waals surface area contributed by atoms with E-state index in [2.05, 4.69) is 15.9 Å². The van der Waals surface area contributed by atoms with Crippen molar-refractivity contribution in [3.8, 4) is 16.6 Å². The first-order valence-electron chi connectivity index (χ1n) is 10.4. The van der Waals surface area contributed by atoms with Gasteiger partial charge < -0.3 is 10.0 Å². The summed E-state index contributed by atoms with van der Waals surface area (Å²) >= 11 is 8.95. The highest BCUT2D eigenvalue weighted by Gasteiger charge is 2.32. The number of halogens is 1. The Labute approximate surface area is 209 Å². The lowest BCUT2D eigenvalue weighted by Crippen LogP contribution is -2.51. The smallest absolute Gasteiger partial charge is 0.238 e. The van der Waals surface area contributed by atoms with Gasteiger partial charge in [-0.2, -0.15) is 5.26 Å². The quantitative estimate of drug-likeness (QED) is 0.370. The van der Waals surface area contributed by atoms with Crippen molar-refractivity contribution in [2.24, 2.45) is 4.99 Å². The van der Waals surface area contributed by atoms with E-state index in [1.165, 1.54) is 11.8 Å². The summed E-state index contributed by atoms with van der Waals surface area (Å²) in [5, 5.41) is 23.9. The molecular weight excluding hydrogens is 488 g/mol. The number of rotatable bonds is 6. The van der Waals surface area contributed by atoms with E-state index in [0.29, 0.717) is 63.8 Å². The molecule has 0 amide bonds. The topological polar surface area (TPSA) is 89.8 Å². The standard InChI is InChI=1S/C24H17ClN6OS2/c1-27-21-20(19-3-2-8-28-19)18(9-26)24(30-22(21)31-10-17(32)11-31)34-13-16-12-33-23(29-16)14-4-6-15(25)7-5-14/h2-7,12,17,32H,8,10-11,13H2. The van der Waals surface area contributed by atoms with E-state index in [9.17, 15) is 10.4 Å². The average Bonchev–Trinajstić information content (AvgIpc) is 3.52. The number of aliphatic hydroxyl groups excluding tert-OH is 1. The molecule has 0 saturated carbocycles. The number of hydrogen-bond donors (Lipinski definition) is 1. The van der Waals surface area contributed by atoms with Gasteiger partial charge in [0.1, 0.15) is 21.9 Å². The summed E-state index contributed by atoms with van der Waals surface area (Å²) in [6, 6.07) is 9.81. The minimum atomic E-state index is -0.444. The van der Waals surface area contributed by atoms with Crippen LogP contribution >= 0.6 is 34.7 Å². The highest BCUT2D eigenvalue weighted by atomic mass is 35.5. The highest BCUT2D eigenvalue weighted by Crippen LogP contribution is 2.41. The maximum atomic E-state index is 10.0. The number of nitriles is 1. The lowest BCUT2D eigenvalue weighted by Gasteiger charge is -2.38. The van der Waals surface area contributed by atoms with Gasteiger partial charge in [0, 0.05) is 40.4 Å². The number of β-amino-alcohol motifs (C(OH)–C–C–N with tert-alkyl or cyclic N) is 1. The van der Waals surface area contributed by atoms with Crippen LogP contribution in [0, 0.1) is 17.9 Å². The summed E-state index contributed by atoms with van der Waals surface area (Å²) in [5.41, 5.74) is 3.65. The molecule has 10 heteroatoms. The van der Waals surface area contributed by atoms with E-state index in [0.717, 1.165) is 16.3 Å². The van der Waals surface area contributed by atoms with Crippen molar-refractivity contribution in [1.29, 1.82) is 5.26 Å². The Kier molecular flexibility index (Phi) is 6.36. The molecule has 2 aliphatic rings. The Balaban J connectivity index is 1.49. The third kappa shape index (κ3) is 4.31. The number of pyridine rings is 1. The van der Waals surface area contributed by atoms with Crippen LogP contribution < -0.4 is 4.90 Å². The van der Waals surface area contributed by atoms with Gasteiger partial charge in [-0.1, -0.05) is 41.6 Å². The van der Waals surface area contributed by atoms with Crippen molar-refractivity contribution in [3.05, 3.63) is 75.1 Å². The Bertz CT molecular complexity index is 1390. The third-order valence-electron chi connectivity index (χ3n) is 5.40. The SMILES string of the molecule is [C-]#[N+]c1c(N2CC(O)C2)nc(SCc2csc(-c3ccc(Cl)cc3)n2)c(C#N)c1C1=NCC=C1. The molecule has 1 saturated heterocycles. The maximum Gasteiger partial charge on any atom is 0.238 e. The van der Waals surface area contributed by atoms with E-state index < -0.39 is 6.10 Å². The predicted octanol–water partition coefficient (Wildman–Crippen LogP) is 5.11. The largest absolute Gasteiger partial charge is 0.389 e. The molecule has 34 heavy (non-hydrogen) atoms. The van der Waals surface area contributed by atoms with Gasteiger partial charge >= 0.3 is 0 Å². The molecule has 0 radical (unpaired) electrons. The zero-order valence-corrected chi connectivity index (χ0v) is 20.2. The number of aliphatic hydroxyl groups is 1. The van der Waals surface area contributed by atoms with Gasteiger partial charge in [-0.15, -0.1) is 11.3 Å². The number of allylic oxidation sites excluding steroid dienone is 1. The molecule has 0 unspecified atom stereocenters. The molecule has 0 bridgehead atoms. The molecular formula is C24H17ClN6OS2. The summed E-state index contributed by atoms with van der Waals surface area (Å²) in [6.45, 7) is 9.13. The molecule has 1 aromatic carbocycles. The molecule has 5 rings (SSSR count). The molecule has 2 aromatic heterocycles. The minimum Gasteiger partial charge on any atom is -0.389 e. The van der Waals surface area contributed by atoms with Gasteiger partial charge in [-0.05, 0) is 18.2 Å². The fourth-order valence-corrected chi connectivity index (χ4v) is 5.66. The summed E-state index contributed by atoms with van der Waals surface area (Å²) < 4.78 is 0. The Hall–Kier alpha value is -3.21. The summed E-state index contributed by atoms with van der Waals surface area (Å²) in [6.07, 6.45) is 3.30. The third-order valence-corrected chi connectivity index (χ3v) is 7.61. The van der Waals surface area contributed by atoms with Crippen molar-refractivity contribution in [2.45, 2.75) is 16.9 Å². The van der Waals surface area contributed by atoms with E-state index in [1.54, 1.807) is 11.3 Å². The van der Waals surface area contributed by atoms with Crippen molar-refractivity contribution < 1.29 is 5.11 Å². The lowest BCUT2D eigenvalue weighted by molar-refractivity contribution is 0.141. The average molecular weight is 505 g/mol. The zero-order valence-electron chi connectivity index (χ0n) is 17.8. The van der Waals surface area contributed by atoms with Gasteiger partial charge in [0.15, 0.2) is 0 Å². The molecule has 0 aliphatic carbocycles. The predicted molar refractivity (Wildman–Crippen MR) is 136 cm³/mol. The molecule has 168 valence electrons. The monoisotopic (exact) mass is 504 g/mol. The Morgan fingerprint density at radius 2 is 2.09 bits per heavy atom. The molecule has 4 heterocycles. The van der Waals surface area contributed by atoms with Gasteiger partial charge in [-0.3, -0.25) is 4.99 Å². The van der Waals surface area contributed by atoms with Gasteiger partial charge in [-0.25, -0.2) is 14.8 Å². The second-order valence-electron chi connectivity index (χ2n) is 7.69. The van der Waals surface area contributed by atoms with E-state index in [4.69, 9.17) is 28.1 Å².